The molecule has 1 aliphatic rings. The number of benzene rings is 1. The first-order chi connectivity index (χ1) is 12.1. The third kappa shape index (κ3) is 2.82. The van der Waals surface area contributed by atoms with Crippen LogP contribution in [0.4, 0.5) is 0 Å². The Morgan fingerprint density at radius 3 is 2.96 bits per heavy atom. The third-order valence-electron chi connectivity index (χ3n) is 4.15. The SMILES string of the molecule is C[C@H](Cc1ccc2c(c1)OCO2)c1nccn1-c1c[nH]c(=O)[nH]c1=O. The van der Waals surface area contributed by atoms with E-state index in [9.17, 15) is 9.59 Å². The Hall–Kier alpha value is -3.29. The standard InChI is InChI=1S/C17H16N4O4/c1-10(6-11-2-3-13-14(7-11)25-9-24-13)15-18-4-5-21(15)12-8-19-17(23)20-16(12)22/h2-5,7-8,10H,6,9H2,1H3,(H2,19,20,22,23)/t10-/m1/s1. The van der Waals surface area contributed by atoms with Crippen molar-refractivity contribution in [3.05, 3.63) is 69.0 Å². The van der Waals surface area contributed by atoms with E-state index in [1.807, 2.05) is 25.1 Å². The van der Waals surface area contributed by atoms with Crippen LogP contribution in [0.3, 0.4) is 0 Å². The average Bonchev–Trinajstić information content (AvgIpc) is 3.23. The Kier molecular flexibility index (Phi) is 3.64. The van der Waals surface area contributed by atoms with Crippen molar-refractivity contribution < 1.29 is 9.47 Å². The molecular formula is C17H16N4O4. The van der Waals surface area contributed by atoms with Crippen molar-refractivity contribution in [1.82, 2.24) is 19.5 Å². The Labute approximate surface area is 142 Å². The van der Waals surface area contributed by atoms with Crippen molar-refractivity contribution in [1.29, 1.82) is 0 Å². The van der Waals surface area contributed by atoms with Crippen LogP contribution < -0.4 is 20.7 Å². The fourth-order valence-corrected chi connectivity index (χ4v) is 2.98. The van der Waals surface area contributed by atoms with Crippen LogP contribution in [0, 0.1) is 0 Å². The van der Waals surface area contributed by atoms with Crippen LogP contribution in [0.5, 0.6) is 11.5 Å². The molecule has 0 amide bonds. The molecule has 8 nitrogen and oxygen atoms in total. The molecule has 1 atom stereocenters. The molecule has 0 saturated carbocycles. The van der Waals surface area contributed by atoms with E-state index in [0.717, 1.165) is 29.3 Å². The van der Waals surface area contributed by atoms with Gasteiger partial charge < -0.3 is 14.5 Å². The molecule has 0 spiro atoms. The number of aromatic nitrogens is 4. The normalized spacial score (nSPS) is 13.8. The summed E-state index contributed by atoms with van der Waals surface area (Å²) < 4.78 is 12.4. The number of aromatic amines is 2. The Morgan fingerprint density at radius 2 is 2.12 bits per heavy atom. The van der Waals surface area contributed by atoms with Gasteiger partial charge in [-0.15, -0.1) is 0 Å². The quantitative estimate of drug-likeness (QED) is 0.746. The van der Waals surface area contributed by atoms with E-state index in [1.165, 1.54) is 6.20 Å². The summed E-state index contributed by atoms with van der Waals surface area (Å²) in [6, 6.07) is 5.84. The zero-order valence-corrected chi connectivity index (χ0v) is 13.5. The minimum absolute atomic E-state index is 0.0432. The largest absolute Gasteiger partial charge is 0.454 e. The number of nitrogens with zero attached hydrogens (tertiary/aromatic N) is 2. The molecule has 0 saturated heterocycles. The van der Waals surface area contributed by atoms with Crippen LogP contribution in [0.2, 0.25) is 0 Å². The molecule has 0 unspecified atom stereocenters. The van der Waals surface area contributed by atoms with Crippen molar-refractivity contribution in [3.63, 3.8) is 0 Å². The second kappa shape index (κ2) is 5.97. The van der Waals surface area contributed by atoms with E-state index in [1.54, 1.807) is 17.0 Å². The lowest BCUT2D eigenvalue weighted by Crippen LogP contribution is -2.26. The number of nitrogens with one attached hydrogen (secondary N) is 2. The van der Waals surface area contributed by atoms with Crippen LogP contribution >= 0.6 is 0 Å². The first kappa shape index (κ1) is 15.3. The summed E-state index contributed by atoms with van der Waals surface area (Å²) in [5.74, 6) is 2.26. The molecule has 0 aliphatic carbocycles. The number of H-pyrrole nitrogens is 2. The number of hydrogen-bond acceptors (Lipinski definition) is 5. The van der Waals surface area contributed by atoms with Gasteiger partial charge in [0.15, 0.2) is 11.5 Å². The molecule has 1 aromatic carbocycles. The van der Waals surface area contributed by atoms with Crippen molar-refractivity contribution in [2.24, 2.45) is 0 Å². The Balaban J connectivity index is 1.63. The van der Waals surface area contributed by atoms with Crippen molar-refractivity contribution in [3.8, 4) is 17.2 Å². The van der Waals surface area contributed by atoms with Crippen molar-refractivity contribution >= 4 is 0 Å². The maximum atomic E-state index is 12.0. The lowest BCUT2D eigenvalue weighted by molar-refractivity contribution is 0.174. The smallest absolute Gasteiger partial charge is 0.325 e. The molecule has 4 rings (SSSR count). The number of hydrogen-bond donors (Lipinski definition) is 2. The zero-order valence-electron chi connectivity index (χ0n) is 13.5. The highest BCUT2D eigenvalue weighted by Gasteiger charge is 2.18. The van der Waals surface area contributed by atoms with E-state index in [4.69, 9.17) is 9.47 Å². The molecule has 3 heterocycles. The number of rotatable bonds is 4. The summed E-state index contributed by atoms with van der Waals surface area (Å²) >= 11 is 0. The van der Waals surface area contributed by atoms with Crippen LogP contribution in [0.15, 0.2) is 46.4 Å². The fourth-order valence-electron chi connectivity index (χ4n) is 2.98. The van der Waals surface area contributed by atoms with Gasteiger partial charge in [0, 0.05) is 24.5 Å². The summed E-state index contributed by atoms with van der Waals surface area (Å²) in [4.78, 5) is 32.3. The van der Waals surface area contributed by atoms with Gasteiger partial charge in [-0.3, -0.25) is 14.3 Å². The second-order valence-electron chi connectivity index (χ2n) is 5.91. The minimum atomic E-state index is -0.538. The van der Waals surface area contributed by atoms with Gasteiger partial charge in [0.25, 0.3) is 5.56 Å². The third-order valence-corrected chi connectivity index (χ3v) is 4.15. The van der Waals surface area contributed by atoms with Gasteiger partial charge in [-0.25, -0.2) is 9.78 Å². The first-order valence-corrected chi connectivity index (χ1v) is 7.86. The summed E-state index contributed by atoms with van der Waals surface area (Å²) in [5, 5.41) is 0. The average molecular weight is 340 g/mol. The highest BCUT2D eigenvalue weighted by molar-refractivity contribution is 5.44. The molecule has 0 bridgehead atoms. The lowest BCUT2D eigenvalue weighted by Gasteiger charge is -2.14. The van der Waals surface area contributed by atoms with Crippen molar-refractivity contribution in [2.75, 3.05) is 6.79 Å². The maximum Gasteiger partial charge on any atom is 0.325 e. The first-order valence-electron chi connectivity index (χ1n) is 7.86. The van der Waals surface area contributed by atoms with Gasteiger partial charge in [0.2, 0.25) is 6.79 Å². The molecule has 0 fully saturated rings. The fraction of sp³-hybridized carbons (Fsp3) is 0.235. The highest BCUT2D eigenvalue weighted by atomic mass is 16.7. The summed E-state index contributed by atoms with van der Waals surface area (Å²) in [6.45, 7) is 2.27. The topological polar surface area (TPSA) is 102 Å². The Bertz CT molecular complexity index is 1030. The molecule has 25 heavy (non-hydrogen) atoms. The maximum absolute atomic E-state index is 12.0. The van der Waals surface area contributed by atoms with E-state index in [2.05, 4.69) is 15.0 Å². The molecule has 0 radical (unpaired) electrons. The van der Waals surface area contributed by atoms with E-state index in [0.29, 0.717) is 5.69 Å². The van der Waals surface area contributed by atoms with Crippen molar-refractivity contribution in [2.45, 2.75) is 19.3 Å². The van der Waals surface area contributed by atoms with Crippen LogP contribution in [0.1, 0.15) is 24.2 Å². The second-order valence-corrected chi connectivity index (χ2v) is 5.91. The molecular weight excluding hydrogens is 324 g/mol. The monoisotopic (exact) mass is 340 g/mol. The summed E-state index contributed by atoms with van der Waals surface area (Å²) in [6.07, 6.45) is 5.44. The number of fused-ring (bicyclic) bond motifs is 1. The van der Waals surface area contributed by atoms with Gasteiger partial charge >= 0.3 is 5.69 Å². The zero-order chi connectivity index (χ0) is 17.4. The molecule has 128 valence electrons. The van der Waals surface area contributed by atoms with E-state index < -0.39 is 11.2 Å². The van der Waals surface area contributed by atoms with Crippen LogP contribution in [-0.4, -0.2) is 26.3 Å². The van der Waals surface area contributed by atoms with E-state index >= 15 is 0 Å². The highest BCUT2D eigenvalue weighted by Crippen LogP contribution is 2.33. The van der Waals surface area contributed by atoms with Crippen LogP contribution in [-0.2, 0) is 6.42 Å². The van der Waals surface area contributed by atoms with Gasteiger partial charge in [0.1, 0.15) is 11.5 Å². The predicted octanol–water partition coefficient (Wildman–Crippen LogP) is 1.32. The number of imidazole rings is 1. The summed E-state index contributed by atoms with van der Waals surface area (Å²) in [7, 11) is 0. The van der Waals surface area contributed by atoms with Gasteiger partial charge in [0.05, 0.1) is 0 Å². The predicted molar refractivity (Wildman–Crippen MR) is 89.5 cm³/mol. The molecule has 1 aliphatic heterocycles. The van der Waals surface area contributed by atoms with E-state index in [-0.39, 0.29) is 12.7 Å². The van der Waals surface area contributed by atoms with Gasteiger partial charge in [-0.2, -0.15) is 0 Å². The number of ether oxygens (including phenoxy) is 2. The van der Waals surface area contributed by atoms with Gasteiger partial charge in [-0.05, 0) is 24.1 Å². The minimum Gasteiger partial charge on any atom is -0.454 e. The van der Waals surface area contributed by atoms with Crippen LogP contribution in [0.25, 0.3) is 5.69 Å². The summed E-state index contributed by atoms with van der Waals surface area (Å²) in [5.41, 5.74) is 0.411. The van der Waals surface area contributed by atoms with Gasteiger partial charge in [-0.1, -0.05) is 13.0 Å². The molecule has 3 aromatic rings. The Morgan fingerprint density at radius 1 is 1.28 bits per heavy atom. The molecule has 2 aromatic heterocycles. The molecule has 8 heteroatoms. The molecule has 2 N–H and O–H groups in total. The lowest BCUT2D eigenvalue weighted by atomic mass is 10.00.